The van der Waals surface area contributed by atoms with Crippen molar-refractivity contribution in [3.63, 3.8) is 0 Å². The van der Waals surface area contributed by atoms with Crippen LogP contribution in [-0.4, -0.2) is 22.8 Å². The summed E-state index contributed by atoms with van der Waals surface area (Å²) in [5.41, 5.74) is 17.5. The summed E-state index contributed by atoms with van der Waals surface area (Å²) < 4.78 is 12.3. The van der Waals surface area contributed by atoms with Gasteiger partial charge in [0.15, 0.2) is 0 Å². The molecule has 0 aliphatic carbocycles. The van der Waals surface area contributed by atoms with E-state index in [2.05, 4.69) is 272 Å². The topological polar surface area (TPSA) is 24.6 Å². The maximum Gasteiger partial charge on any atom is 0.0641 e. The molecule has 0 fully saturated rings. The second-order valence-electron chi connectivity index (χ2n) is 18.9. The fourth-order valence-corrected chi connectivity index (χ4v) is 12.4. The predicted octanol–water partition coefficient (Wildman–Crippen LogP) is 17.2. The first kappa shape index (κ1) is 38.4. The van der Waals surface area contributed by atoms with E-state index in [1.165, 1.54) is 104 Å². The molecule has 5 aromatic heterocycles. The van der Waals surface area contributed by atoms with E-state index >= 15 is 0 Å². The second-order valence-corrected chi connectivity index (χ2v) is 18.9. The Hall–Kier alpha value is -9.58. The number of hydrogen-bond donors (Lipinski definition) is 0. The smallest absolute Gasteiger partial charge is 0.0641 e. The molecule has 71 heavy (non-hydrogen) atoms. The van der Waals surface area contributed by atoms with E-state index in [0.29, 0.717) is 0 Å². The number of fused-ring (bicyclic) bond motifs is 17. The lowest BCUT2D eigenvalue weighted by molar-refractivity contribution is 1.13. The zero-order valence-corrected chi connectivity index (χ0v) is 38.4. The van der Waals surface area contributed by atoms with Gasteiger partial charge in [-0.25, -0.2) is 0 Å². The molecule has 0 bridgehead atoms. The normalized spacial score (nSPS) is 12.2. The number of benzene rings is 11. The van der Waals surface area contributed by atoms with Crippen molar-refractivity contribution >= 4 is 109 Å². The number of para-hydroxylation sites is 7. The van der Waals surface area contributed by atoms with Gasteiger partial charge in [0.1, 0.15) is 0 Å². The van der Waals surface area contributed by atoms with Crippen LogP contribution in [-0.2, 0) is 0 Å². The first-order valence-corrected chi connectivity index (χ1v) is 24.4. The maximum absolute atomic E-state index is 2.51. The third-order valence-electron chi connectivity index (χ3n) is 15.2. The Balaban J connectivity index is 0.957. The fourth-order valence-electron chi connectivity index (χ4n) is 12.4. The Kier molecular flexibility index (Phi) is 7.82. The Morgan fingerprint density at radius 3 is 0.873 bits per heavy atom. The molecular formula is C66H41N5. The first-order valence-electron chi connectivity index (χ1n) is 24.4. The van der Waals surface area contributed by atoms with Crippen LogP contribution in [0.1, 0.15) is 0 Å². The van der Waals surface area contributed by atoms with Gasteiger partial charge in [0.25, 0.3) is 0 Å². The number of aromatic nitrogens is 5. The van der Waals surface area contributed by atoms with Crippen LogP contribution in [0.4, 0.5) is 0 Å². The molecule has 0 atom stereocenters. The summed E-state index contributed by atoms with van der Waals surface area (Å²) in [5, 5.41) is 12.4. The Labute approximate surface area is 407 Å². The Bertz CT molecular complexity index is 4830. The number of rotatable bonds is 5. The lowest BCUT2D eigenvalue weighted by Gasteiger charge is -2.14. The van der Waals surface area contributed by atoms with Crippen LogP contribution in [0.5, 0.6) is 0 Å². The molecule has 11 aromatic carbocycles. The summed E-state index contributed by atoms with van der Waals surface area (Å²) in [6.07, 6.45) is 0. The molecule has 5 nitrogen and oxygen atoms in total. The minimum Gasteiger partial charge on any atom is -0.309 e. The highest BCUT2D eigenvalue weighted by molar-refractivity contribution is 6.28. The third kappa shape index (κ3) is 5.24. The summed E-state index contributed by atoms with van der Waals surface area (Å²) in [4.78, 5) is 0. The van der Waals surface area contributed by atoms with Crippen molar-refractivity contribution in [3.05, 3.63) is 249 Å². The molecule has 16 rings (SSSR count). The SMILES string of the molecule is c1ccc(-n2c3ccccc3c3c2ccc2c4ccccc4n(-c4cccc(-n5c6ccccc6c6c5ccc5c7ccccc7n(-c7cccc(-n8c9ccccc9c9ccccc98)c7)c56)c4)c23)cc1. The van der Waals surface area contributed by atoms with Gasteiger partial charge in [-0.05, 0) is 97.1 Å². The lowest BCUT2D eigenvalue weighted by Crippen LogP contribution is -1.99. The summed E-state index contributed by atoms with van der Waals surface area (Å²) in [5.74, 6) is 0. The van der Waals surface area contributed by atoms with Crippen LogP contribution in [0.25, 0.3) is 137 Å². The van der Waals surface area contributed by atoms with Crippen LogP contribution in [0, 0.1) is 0 Å². The second kappa shape index (κ2) is 14.5. The lowest BCUT2D eigenvalue weighted by atomic mass is 10.1. The van der Waals surface area contributed by atoms with Gasteiger partial charge in [-0.2, -0.15) is 0 Å². The van der Waals surface area contributed by atoms with Gasteiger partial charge in [0.05, 0.1) is 55.2 Å². The van der Waals surface area contributed by atoms with E-state index in [4.69, 9.17) is 0 Å². The molecular weight excluding hydrogens is 863 g/mol. The average molecular weight is 904 g/mol. The summed E-state index contributed by atoms with van der Waals surface area (Å²) in [6, 6.07) is 91.5. The third-order valence-corrected chi connectivity index (χ3v) is 15.2. The molecule has 0 aliphatic heterocycles. The van der Waals surface area contributed by atoms with Crippen LogP contribution in [0.2, 0.25) is 0 Å². The van der Waals surface area contributed by atoms with Gasteiger partial charge in [0, 0.05) is 82.3 Å². The van der Waals surface area contributed by atoms with E-state index in [-0.39, 0.29) is 0 Å². The molecule has 0 unspecified atom stereocenters. The van der Waals surface area contributed by atoms with E-state index in [0.717, 1.165) is 34.0 Å². The number of hydrogen-bond acceptors (Lipinski definition) is 0. The molecule has 5 heteroatoms. The first-order chi connectivity index (χ1) is 35.3. The monoisotopic (exact) mass is 903 g/mol. The van der Waals surface area contributed by atoms with Crippen LogP contribution >= 0.6 is 0 Å². The molecule has 0 aliphatic rings. The van der Waals surface area contributed by atoms with Gasteiger partial charge in [0.2, 0.25) is 0 Å². The molecule has 0 N–H and O–H groups in total. The fraction of sp³-hybridized carbons (Fsp3) is 0. The molecule has 0 radical (unpaired) electrons. The summed E-state index contributed by atoms with van der Waals surface area (Å²) in [7, 11) is 0. The minimum atomic E-state index is 1.11. The van der Waals surface area contributed by atoms with Gasteiger partial charge < -0.3 is 22.8 Å². The molecule has 0 amide bonds. The van der Waals surface area contributed by atoms with Crippen molar-refractivity contribution in [1.82, 2.24) is 22.8 Å². The maximum atomic E-state index is 2.51. The van der Waals surface area contributed by atoms with Crippen LogP contribution < -0.4 is 0 Å². The highest BCUT2D eigenvalue weighted by Gasteiger charge is 2.24. The van der Waals surface area contributed by atoms with Crippen molar-refractivity contribution < 1.29 is 0 Å². The predicted molar refractivity (Wildman–Crippen MR) is 298 cm³/mol. The van der Waals surface area contributed by atoms with Gasteiger partial charge in [-0.3, -0.25) is 0 Å². The highest BCUT2D eigenvalue weighted by atomic mass is 15.0. The summed E-state index contributed by atoms with van der Waals surface area (Å²) in [6.45, 7) is 0. The summed E-state index contributed by atoms with van der Waals surface area (Å²) >= 11 is 0. The molecule has 0 saturated carbocycles. The Morgan fingerprint density at radius 1 is 0.169 bits per heavy atom. The van der Waals surface area contributed by atoms with Gasteiger partial charge in [-0.1, -0.05) is 152 Å². The van der Waals surface area contributed by atoms with Crippen molar-refractivity contribution in [2.24, 2.45) is 0 Å². The number of nitrogens with zero attached hydrogens (tertiary/aromatic N) is 5. The standard InChI is InChI=1S/C66H41N5/c1-2-18-42(19-3-1)67-59-34-14-8-28-53(59)63-61(67)38-36-51-49-26-6-13-33-58(49)71(65(51)63)46-23-17-21-44(41-46)69-60-35-15-9-29-54(60)64-62(69)39-37-52-50-27-7-12-32-57(50)70(66(52)64)45-22-16-20-43(40-45)68-55-30-10-4-24-47(55)48-25-5-11-31-56(48)68/h1-41H. The molecule has 5 heterocycles. The van der Waals surface area contributed by atoms with Crippen LogP contribution in [0.15, 0.2) is 249 Å². The van der Waals surface area contributed by atoms with Gasteiger partial charge >= 0.3 is 0 Å². The van der Waals surface area contributed by atoms with E-state index in [1.807, 2.05) is 0 Å². The molecule has 0 saturated heterocycles. The van der Waals surface area contributed by atoms with E-state index in [9.17, 15) is 0 Å². The quantitative estimate of drug-likeness (QED) is 0.164. The largest absolute Gasteiger partial charge is 0.309 e. The van der Waals surface area contributed by atoms with Crippen molar-refractivity contribution in [2.45, 2.75) is 0 Å². The zero-order valence-electron chi connectivity index (χ0n) is 38.4. The highest BCUT2D eigenvalue weighted by Crippen LogP contribution is 2.45. The van der Waals surface area contributed by atoms with E-state index in [1.54, 1.807) is 0 Å². The average Bonchev–Trinajstić information content (AvgIpc) is 4.23. The van der Waals surface area contributed by atoms with Crippen molar-refractivity contribution in [3.8, 4) is 28.4 Å². The van der Waals surface area contributed by atoms with Crippen molar-refractivity contribution in [1.29, 1.82) is 0 Å². The molecule has 0 spiro atoms. The zero-order chi connectivity index (χ0) is 46.3. The van der Waals surface area contributed by atoms with Gasteiger partial charge in [-0.15, -0.1) is 0 Å². The molecule has 16 aromatic rings. The van der Waals surface area contributed by atoms with Crippen molar-refractivity contribution in [2.75, 3.05) is 0 Å². The Morgan fingerprint density at radius 2 is 0.451 bits per heavy atom. The minimum absolute atomic E-state index is 1.11. The van der Waals surface area contributed by atoms with Crippen LogP contribution in [0.3, 0.4) is 0 Å². The van der Waals surface area contributed by atoms with E-state index < -0.39 is 0 Å². The molecule has 330 valence electrons.